The number of hydrogen-bond acceptors (Lipinski definition) is 3. The highest BCUT2D eigenvalue weighted by Crippen LogP contribution is 2.40. The molecule has 0 bridgehead atoms. The van der Waals surface area contributed by atoms with Gasteiger partial charge in [-0.1, -0.05) is 0 Å². The first kappa shape index (κ1) is 16.5. The number of hydrogen-bond donors (Lipinski definition) is 2. The first-order valence-electron chi connectivity index (χ1n) is 5.32. The van der Waals surface area contributed by atoms with Crippen molar-refractivity contribution >= 4 is 27.5 Å². The minimum Gasteiger partial charge on any atom is -0.381 e. The summed E-state index contributed by atoms with van der Waals surface area (Å²) in [6.07, 6.45) is -4.75. The van der Waals surface area contributed by atoms with Crippen LogP contribution in [0.5, 0.6) is 0 Å². The van der Waals surface area contributed by atoms with Crippen molar-refractivity contribution in [1.82, 2.24) is 0 Å². The maximum Gasteiger partial charge on any atom is 0.418 e. The van der Waals surface area contributed by atoms with E-state index >= 15 is 0 Å². The van der Waals surface area contributed by atoms with Gasteiger partial charge in [-0.25, -0.2) is 0 Å². The van der Waals surface area contributed by atoms with Gasteiger partial charge < -0.3 is 10.4 Å². The van der Waals surface area contributed by atoms with E-state index in [1.54, 1.807) is 0 Å². The van der Waals surface area contributed by atoms with Crippen molar-refractivity contribution in [2.24, 2.45) is 0 Å². The van der Waals surface area contributed by atoms with Gasteiger partial charge in [-0.3, -0.25) is 4.79 Å². The Morgan fingerprint density at radius 2 is 1.95 bits per heavy atom. The quantitative estimate of drug-likeness (QED) is 0.860. The highest BCUT2D eigenvalue weighted by atomic mass is 79.9. The zero-order chi connectivity index (χ0) is 15.7. The van der Waals surface area contributed by atoms with Gasteiger partial charge in [0.1, 0.15) is 5.60 Å². The van der Waals surface area contributed by atoms with Gasteiger partial charge in [0.25, 0.3) is 5.91 Å². The lowest BCUT2D eigenvalue weighted by Crippen LogP contribution is -2.36. The molecule has 108 valence electrons. The smallest absolute Gasteiger partial charge is 0.381 e. The van der Waals surface area contributed by atoms with Crippen molar-refractivity contribution in [2.75, 3.05) is 5.32 Å². The summed E-state index contributed by atoms with van der Waals surface area (Å²) in [5.74, 6) is -0.865. The molecule has 0 unspecified atom stereocenters. The lowest BCUT2D eigenvalue weighted by molar-refractivity contribution is -0.138. The van der Waals surface area contributed by atoms with Crippen LogP contribution in [-0.4, -0.2) is 16.6 Å². The van der Waals surface area contributed by atoms with Gasteiger partial charge in [-0.2, -0.15) is 18.4 Å². The molecule has 20 heavy (non-hydrogen) atoms. The van der Waals surface area contributed by atoms with Crippen LogP contribution in [0.3, 0.4) is 0 Å². The number of nitrogens with zero attached hydrogens (tertiary/aromatic N) is 1. The van der Waals surface area contributed by atoms with Crippen LogP contribution in [0.1, 0.15) is 25.0 Å². The number of nitrogens with one attached hydrogen (secondary N) is 1. The number of carbonyl (C=O) groups excluding carboxylic acids is 1. The Bertz CT molecular complexity index is 586. The van der Waals surface area contributed by atoms with Crippen LogP contribution < -0.4 is 5.32 Å². The van der Waals surface area contributed by atoms with Crippen LogP contribution in [-0.2, 0) is 11.0 Å². The summed E-state index contributed by atoms with van der Waals surface area (Å²) in [5, 5.41) is 20.3. The van der Waals surface area contributed by atoms with Crippen molar-refractivity contribution in [3.05, 3.63) is 27.7 Å². The SMILES string of the molecule is CC(C)(O)C(=O)Nc1ccc(C#N)c(C(F)(F)F)c1Br. The summed E-state index contributed by atoms with van der Waals surface area (Å²) in [6, 6.07) is 3.55. The monoisotopic (exact) mass is 350 g/mol. The van der Waals surface area contributed by atoms with E-state index in [1.807, 2.05) is 0 Å². The molecule has 1 aromatic carbocycles. The summed E-state index contributed by atoms with van der Waals surface area (Å²) in [7, 11) is 0. The Hall–Kier alpha value is -1.59. The number of anilines is 1. The van der Waals surface area contributed by atoms with Crippen LogP contribution in [0.15, 0.2) is 16.6 Å². The summed E-state index contributed by atoms with van der Waals surface area (Å²) in [6.45, 7) is 2.40. The molecule has 1 aromatic rings. The number of benzene rings is 1. The topological polar surface area (TPSA) is 73.1 Å². The largest absolute Gasteiger partial charge is 0.418 e. The van der Waals surface area contributed by atoms with E-state index in [1.165, 1.54) is 19.9 Å². The molecule has 8 heteroatoms. The molecule has 0 saturated carbocycles. The van der Waals surface area contributed by atoms with Crippen LogP contribution in [0.2, 0.25) is 0 Å². The minimum atomic E-state index is -4.75. The van der Waals surface area contributed by atoms with E-state index < -0.39 is 33.3 Å². The van der Waals surface area contributed by atoms with Crippen molar-refractivity contribution in [3.8, 4) is 6.07 Å². The number of aliphatic hydroxyl groups is 1. The van der Waals surface area contributed by atoms with Crippen molar-refractivity contribution < 1.29 is 23.1 Å². The molecule has 0 saturated heterocycles. The molecular formula is C12H10BrF3N2O2. The van der Waals surface area contributed by atoms with Gasteiger partial charge in [0, 0.05) is 0 Å². The number of alkyl halides is 3. The predicted octanol–water partition coefficient (Wildman–Crippen LogP) is 3.05. The molecule has 0 aliphatic carbocycles. The molecule has 0 aliphatic rings. The van der Waals surface area contributed by atoms with E-state index in [4.69, 9.17) is 5.26 Å². The molecule has 0 radical (unpaired) electrons. The molecule has 2 N–H and O–H groups in total. The third kappa shape index (κ3) is 3.49. The fourth-order valence-corrected chi connectivity index (χ4v) is 1.99. The predicted molar refractivity (Wildman–Crippen MR) is 68.8 cm³/mol. The fraction of sp³-hybridized carbons (Fsp3) is 0.333. The van der Waals surface area contributed by atoms with Crippen molar-refractivity contribution in [1.29, 1.82) is 5.26 Å². The van der Waals surface area contributed by atoms with Gasteiger partial charge in [0.05, 0.1) is 27.4 Å². The molecule has 1 amide bonds. The van der Waals surface area contributed by atoms with Crippen molar-refractivity contribution in [3.63, 3.8) is 0 Å². The lowest BCUT2D eigenvalue weighted by atomic mass is 10.1. The third-order valence-corrected chi connectivity index (χ3v) is 3.17. The Morgan fingerprint density at radius 1 is 1.40 bits per heavy atom. The second kappa shape index (κ2) is 5.42. The van der Waals surface area contributed by atoms with E-state index in [0.717, 1.165) is 12.1 Å². The second-order valence-electron chi connectivity index (χ2n) is 4.47. The third-order valence-electron chi connectivity index (χ3n) is 2.35. The minimum absolute atomic E-state index is 0.177. The molecule has 4 nitrogen and oxygen atoms in total. The zero-order valence-corrected chi connectivity index (χ0v) is 12.1. The number of amides is 1. The van der Waals surface area contributed by atoms with Crippen LogP contribution in [0, 0.1) is 11.3 Å². The lowest BCUT2D eigenvalue weighted by Gasteiger charge is -2.19. The molecule has 0 atom stereocenters. The standard InChI is InChI=1S/C12H10BrF3N2O2/c1-11(2,20)10(19)18-7-4-3-6(5-17)8(9(7)13)12(14,15)16/h3-4,20H,1-2H3,(H,18,19). The fourth-order valence-electron chi connectivity index (χ4n) is 1.32. The highest BCUT2D eigenvalue weighted by molar-refractivity contribution is 9.10. The van der Waals surface area contributed by atoms with Crippen LogP contribution in [0.25, 0.3) is 0 Å². The molecule has 0 aromatic heterocycles. The van der Waals surface area contributed by atoms with E-state index in [9.17, 15) is 23.1 Å². The van der Waals surface area contributed by atoms with Crippen LogP contribution >= 0.6 is 15.9 Å². The zero-order valence-electron chi connectivity index (χ0n) is 10.5. The Labute approximate surface area is 121 Å². The Balaban J connectivity index is 3.34. The number of nitriles is 1. The second-order valence-corrected chi connectivity index (χ2v) is 5.27. The average molecular weight is 351 g/mol. The normalized spacial score (nSPS) is 11.9. The molecule has 0 fully saturated rings. The van der Waals surface area contributed by atoms with Crippen molar-refractivity contribution in [2.45, 2.75) is 25.6 Å². The summed E-state index contributed by atoms with van der Waals surface area (Å²) in [5.41, 5.74) is -3.66. The number of halogens is 4. The van der Waals surface area contributed by atoms with E-state index in [2.05, 4.69) is 21.2 Å². The summed E-state index contributed by atoms with van der Waals surface area (Å²) >= 11 is 2.74. The summed E-state index contributed by atoms with van der Waals surface area (Å²) in [4.78, 5) is 11.6. The molecule has 0 spiro atoms. The number of rotatable bonds is 2. The molecule has 1 rings (SSSR count). The van der Waals surface area contributed by atoms with Gasteiger partial charge in [0.15, 0.2) is 0 Å². The summed E-state index contributed by atoms with van der Waals surface area (Å²) < 4.78 is 38.3. The maximum absolute atomic E-state index is 12.9. The van der Waals surface area contributed by atoms with Gasteiger partial charge >= 0.3 is 6.18 Å². The molecular weight excluding hydrogens is 341 g/mol. The average Bonchev–Trinajstić information content (AvgIpc) is 2.28. The van der Waals surface area contributed by atoms with Gasteiger partial charge in [0.2, 0.25) is 0 Å². The first-order chi connectivity index (χ1) is 8.98. The first-order valence-corrected chi connectivity index (χ1v) is 6.11. The number of carbonyl (C=O) groups is 1. The maximum atomic E-state index is 12.9. The van der Waals surface area contributed by atoms with Crippen LogP contribution in [0.4, 0.5) is 18.9 Å². The van der Waals surface area contributed by atoms with Gasteiger partial charge in [-0.05, 0) is 41.9 Å². The van der Waals surface area contributed by atoms with E-state index in [0.29, 0.717) is 0 Å². The highest BCUT2D eigenvalue weighted by Gasteiger charge is 2.37. The Kier molecular flexibility index (Phi) is 4.46. The molecule has 0 heterocycles. The Morgan fingerprint density at radius 3 is 2.35 bits per heavy atom. The molecule has 0 aliphatic heterocycles. The van der Waals surface area contributed by atoms with E-state index in [-0.39, 0.29) is 5.69 Å². The van der Waals surface area contributed by atoms with Gasteiger partial charge in [-0.15, -0.1) is 0 Å².